The van der Waals surface area contributed by atoms with Crippen LogP contribution in [0.15, 0.2) is 30.6 Å². The lowest BCUT2D eigenvalue weighted by molar-refractivity contribution is 0.300. The number of aliphatic hydroxyl groups excluding tert-OH is 1. The van der Waals surface area contributed by atoms with E-state index in [1.807, 2.05) is 12.4 Å². The van der Waals surface area contributed by atoms with Crippen molar-refractivity contribution in [1.82, 2.24) is 9.38 Å². The number of aliphatic hydroxyl groups is 1. The highest BCUT2D eigenvalue weighted by Crippen LogP contribution is 2.34. The Bertz CT molecular complexity index is 727. The molecule has 1 aromatic carbocycles. The number of hydrogen-bond donors (Lipinski definition) is 1. The minimum absolute atomic E-state index is 0.168. The van der Waals surface area contributed by atoms with E-state index in [-0.39, 0.29) is 6.61 Å². The van der Waals surface area contributed by atoms with Gasteiger partial charge in [0.05, 0.1) is 5.69 Å². The molecule has 3 aromatic rings. The maximum Gasteiger partial charge on any atom is 0.194 e. The first-order valence-corrected chi connectivity index (χ1v) is 7.15. The van der Waals surface area contributed by atoms with Gasteiger partial charge in [-0.2, -0.15) is 0 Å². The fourth-order valence-corrected chi connectivity index (χ4v) is 3.45. The largest absolute Gasteiger partial charge is 0.396 e. The summed E-state index contributed by atoms with van der Waals surface area (Å²) >= 11 is 1.66. The maximum atomic E-state index is 9.25. The van der Waals surface area contributed by atoms with E-state index in [0.717, 1.165) is 4.96 Å². The molecular weight excluding hydrogens is 256 g/mol. The molecule has 0 saturated carbocycles. The Morgan fingerprint density at radius 2 is 2.16 bits per heavy atom. The van der Waals surface area contributed by atoms with Gasteiger partial charge in [-0.05, 0) is 25.5 Å². The van der Waals surface area contributed by atoms with E-state index in [0.29, 0.717) is 6.42 Å². The molecule has 98 valence electrons. The summed E-state index contributed by atoms with van der Waals surface area (Å²) in [5.74, 6) is 0. The Kier molecular flexibility index (Phi) is 3.12. The highest BCUT2D eigenvalue weighted by atomic mass is 32.1. The number of thiazole rings is 1. The van der Waals surface area contributed by atoms with Crippen molar-refractivity contribution in [3.63, 3.8) is 0 Å². The second kappa shape index (κ2) is 4.79. The molecule has 3 rings (SSSR count). The Balaban J connectivity index is 2.29. The number of benzene rings is 1. The van der Waals surface area contributed by atoms with E-state index in [9.17, 15) is 5.11 Å². The smallest absolute Gasteiger partial charge is 0.194 e. The monoisotopic (exact) mass is 272 g/mol. The van der Waals surface area contributed by atoms with Crippen LogP contribution in [0.4, 0.5) is 0 Å². The molecule has 0 radical (unpaired) electrons. The SMILES string of the molecule is Cc1ccc(C)c(-c2c(CCO)sc3nccn23)c1. The second-order valence-electron chi connectivity index (χ2n) is 4.75. The predicted molar refractivity (Wildman–Crippen MR) is 78.8 cm³/mol. The van der Waals surface area contributed by atoms with Crippen molar-refractivity contribution in [2.24, 2.45) is 0 Å². The van der Waals surface area contributed by atoms with E-state index < -0.39 is 0 Å². The van der Waals surface area contributed by atoms with Crippen LogP contribution < -0.4 is 0 Å². The molecule has 2 aromatic heterocycles. The average Bonchev–Trinajstić information content (AvgIpc) is 2.93. The molecule has 2 heterocycles. The normalized spacial score (nSPS) is 11.3. The second-order valence-corrected chi connectivity index (χ2v) is 5.81. The van der Waals surface area contributed by atoms with Crippen LogP contribution >= 0.6 is 11.3 Å². The minimum atomic E-state index is 0.168. The van der Waals surface area contributed by atoms with Crippen LogP contribution in [0.25, 0.3) is 16.2 Å². The molecule has 1 N–H and O–H groups in total. The van der Waals surface area contributed by atoms with Gasteiger partial charge in [0.1, 0.15) is 0 Å². The molecule has 0 amide bonds. The Hall–Kier alpha value is -1.65. The molecule has 0 unspecified atom stereocenters. The average molecular weight is 272 g/mol. The lowest BCUT2D eigenvalue weighted by Gasteiger charge is -2.09. The molecule has 0 aliphatic heterocycles. The molecule has 19 heavy (non-hydrogen) atoms. The van der Waals surface area contributed by atoms with E-state index in [1.165, 1.54) is 27.3 Å². The van der Waals surface area contributed by atoms with Gasteiger partial charge in [-0.15, -0.1) is 11.3 Å². The van der Waals surface area contributed by atoms with Gasteiger partial charge in [0, 0.05) is 35.9 Å². The number of imidazole rings is 1. The third kappa shape index (κ3) is 2.07. The first-order valence-electron chi connectivity index (χ1n) is 6.34. The molecule has 0 bridgehead atoms. The number of fused-ring (bicyclic) bond motifs is 1. The summed E-state index contributed by atoms with van der Waals surface area (Å²) in [6.45, 7) is 4.39. The van der Waals surface area contributed by atoms with Crippen LogP contribution in [0, 0.1) is 13.8 Å². The molecule has 0 aliphatic rings. The van der Waals surface area contributed by atoms with E-state index >= 15 is 0 Å². The van der Waals surface area contributed by atoms with Gasteiger partial charge in [-0.3, -0.25) is 4.40 Å². The standard InChI is InChI=1S/C15H16N2OS/c1-10-3-4-11(2)12(9-10)14-13(5-8-18)19-15-16-6-7-17(14)15/h3-4,6-7,9,18H,5,8H2,1-2H3. The van der Waals surface area contributed by atoms with E-state index in [2.05, 4.69) is 41.4 Å². The van der Waals surface area contributed by atoms with E-state index in [1.54, 1.807) is 11.3 Å². The third-order valence-corrected chi connectivity index (χ3v) is 4.44. The van der Waals surface area contributed by atoms with Gasteiger partial charge >= 0.3 is 0 Å². The number of rotatable bonds is 3. The van der Waals surface area contributed by atoms with Crippen molar-refractivity contribution < 1.29 is 5.11 Å². The molecule has 0 aliphatic carbocycles. The Morgan fingerprint density at radius 1 is 1.32 bits per heavy atom. The molecule has 3 nitrogen and oxygen atoms in total. The zero-order chi connectivity index (χ0) is 13.4. The first kappa shape index (κ1) is 12.4. The number of nitrogens with zero attached hydrogens (tertiary/aromatic N) is 2. The molecule has 0 saturated heterocycles. The summed E-state index contributed by atoms with van der Waals surface area (Å²) in [6, 6.07) is 6.48. The van der Waals surface area contributed by atoms with Gasteiger partial charge in [0.15, 0.2) is 4.96 Å². The highest BCUT2D eigenvalue weighted by Gasteiger charge is 2.15. The van der Waals surface area contributed by atoms with Gasteiger partial charge in [0.2, 0.25) is 0 Å². The van der Waals surface area contributed by atoms with Gasteiger partial charge in [-0.1, -0.05) is 17.7 Å². The first-order chi connectivity index (χ1) is 9.20. The van der Waals surface area contributed by atoms with Gasteiger partial charge < -0.3 is 5.11 Å². The summed E-state index contributed by atoms with van der Waals surface area (Å²) in [5.41, 5.74) is 4.90. The van der Waals surface area contributed by atoms with Crippen molar-refractivity contribution in [2.75, 3.05) is 6.61 Å². The summed E-state index contributed by atoms with van der Waals surface area (Å²) < 4.78 is 2.12. The molecular formula is C15H16N2OS. The fraction of sp³-hybridized carbons (Fsp3) is 0.267. The van der Waals surface area contributed by atoms with Gasteiger partial charge in [-0.25, -0.2) is 4.98 Å². The van der Waals surface area contributed by atoms with E-state index in [4.69, 9.17) is 0 Å². The van der Waals surface area contributed by atoms with Crippen LogP contribution in [0.2, 0.25) is 0 Å². The molecule has 0 atom stereocenters. The van der Waals surface area contributed by atoms with Crippen LogP contribution in [0.3, 0.4) is 0 Å². The highest BCUT2D eigenvalue weighted by molar-refractivity contribution is 7.17. The molecule has 0 spiro atoms. The van der Waals surface area contributed by atoms with Crippen LogP contribution in [0.1, 0.15) is 16.0 Å². The van der Waals surface area contributed by atoms with Crippen molar-refractivity contribution in [1.29, 1.82) is 0 Å². The van der Waals surface area contributed by atoms with Gasteiger partial charge in [0.25, 0.3) is 0 Å². The number of aryl methyl sites for hydroxylation is 2. The minimum Gasteiger partial charge on any atom is -0.396 e. The quantitative estimate of drug-likeness (QED) is 0.795. The Morgan fingerprint density at radius 3 is 2.95 bits per heavy atom. The van der Waals surface area contributed by atoms with Crippen molar-refractivity contribution in [2.45, 2.75) is 20.3 Å². The maximum absolute atomic E-state index is 9.25. The summed E-state index contributed by atoms with van der Waals surface area (Å²) in [7, 11) is 0. The zero-order valence-electron chi connectivity index (χ0n) is 11.1. The van der Waals surface area contributed by atoms with Crippen LogP contribution in [-0.4, -0.2) is 21.1 Å². The number of hydrogen-bond acceptors (Lipinski definition) is 3. The van der Waals surface area contributed by atoms with Crippen molar-refractivity contribution >= 4 is 16.3 Å². The molecule has 4 heteroatoms. The fourth-order valence-electron chi connectivity index (χ4n) is 2.37. The Labute approximate surface area is 116 Å². The lowest BCUT2D eigenvalue weighted by Crippen LogP contribution is -1.95. The third-order valence-electron chi connectivity index (χ3n) is 3.31. The summed E-state index contributed by atoms with van der Waals surface area (Å²) in [4.78, 5) is 6.54. The van der Waals surface area contributed by atoms with Crippen molar-refractivity contribution in [3.05, 3.63) is 46.6 Å². The topological polar surface area (TPSA) is 37.5 Å². The predicted octanol–water partition coefficient (Wildman–Crippen LogP) is 3.21. The van der Waals surface area contributed by atoms with Crippen LogP contribution in [-0.2, 0) is 6.42 Å². The van der Waals surface area contributed by atoms with Crippen LogP contribution in [0.5, 0.6) is 0 Å². The lowest BCUT2D eigenvalue weighted by atomic mass is 10.0. The summed E-state index contributed by atoms with van der Waals surface area (Å²) in [5, 5.41) is 9.25. The number of aromatic nitrogens is 2. The van der Waals surface area contributed by atoms with Crippen molar-refractivity contribution in [3.8, 4) is 11.3 Å². The zero-order valence-corrected chi connectivity index (χ0v) is 11.9. The molecule has 0 fully saturated rings. The summed E-state index contributed by atoms with van der Waals surface area (Å²) in [6.07, 6.45) is 4.49.